The van der Waals surface area contributed by atoms with Gasteiger partial charge in [0.2, 0.25) is 15.9 Å². The van der Waals surface area contributed by atoms with Crippen molar-refractivity contribution in [2.45, 2.75) is 35.9 Å². The Labute approximate surface area is 252 Å². The van der Waals surface area contributed by atoms with Crippen LogP contribution in [-0.4, -0.2) is 71.7 Å². The van der Waals surface area contributed by atoms with E-state index in [9.17, 15) is 33.1 Å². The number of ether oxygens (including phenoxy) is 1. The molecule has 3 aromatic carbocycles. The third-order valence-electron chi connectivity index (χ3n) is 7.93. The Bertz CT molecular complexity index is 1860. The van der Waals surface area contributed by atoms with Crippen LogP contribution < -0.4 is 14.8 Å². The van der Waals surface area contributed by atoms with E-state index in [0.29, 0.717) is 21.4 Å². The third kappa shape index (κ3) is 5.54. The summed E-state index contributed by atoms with van der Waals surface area (Å²) in [5, 5.41) is 25.7. The first-order chi connectivity index (χ1) is 21.1. The van der Waals surface area contributed by atoms with Crippen molar-refractivity contribution in [3.8, 4) is 11.5 Å². The Morgan fingerprint density at radius 3 is 2.57 bits per heavy atom. The van der Waals surface area contributed by atoms with Gasteiger partial charge in [-0.05, 0) is 41.6 Å². The maximum Gasteiger partial charge on any atom is 0.413 e. The predicted octanol–water partition coefficient (Wildman–Crippen LogP) is 2.12. The minimum atomic E-state index is -4.20. The molecule has 12 nitrogen and oxygen atoms in total. The number of likely N-dealkylation sites (tertiary alicyclic amines) is 1. The van der Waals surface area contributed by atoms with Gasteiger partial charge in [-0.2, -0.15) is 9.04 Å². The van der Waals surface area contributed by atoms with E-state index >= 15 is 0 Å². The van der Waals surface area contributed by atoms with Crippen molar-refractivity contribution in [2.24, 2.45) is 0 Å². The van der Waals surface area contributed by atoms with Gasteiger partial charge in [0.15, 0.2) is 18.2 Å². The minimum Gasteiger partial charge on any atom is -0.619 e. The molecule has 0 bridgehead atoms. The van der Waals surface area contributed by atoms with Gasteiger partial charge in [0, 0.05) is 24.4 Å². The molecule has 0 saturated carbocycles. The summed E-state index contributed by atoms with van der Waals surface area (Å²) in [6.07, 6.45) is 1.40. The lowest BCUT2D eigenvalue weighted by molar-refractivity contribution is -0.607. The van der Waals surface area contributed by atoms with Crippen LogP contribution in [0.1, 0.15) is 12.0 Å². The van der Waals surface area contributed by atoms with Gasteiger partial charge in [0.05, 0.1) is 12.6 Å². The zero-order chi connectivity index (χ0) is 31.0. The van der Waals surface area contributed by atoms with Gasteiger partial charge in [-0.1, -0.05) is 48.5 Å². The van der Waals surface area contributed by atoms with E-state index < -0.39 is 52.5 Å². The van der Waals surface area contributed by atoms with E-state index in [2.05, 4.69) is 5.32 Å². The fraction of sp³-hybridized carbons (Fsp3) is 0.226. The SMILES string of the molecule is O=C(NC(Cc1ccc(O)cc1)C(=O)N1CCC2C1C(=O)CN2S(=O)(=O)c1ccc[n+]([O-])c1)Oc1cccc2ccccc12. The van der Waals surface area contributed by atoms with Crippen molar-refractivity contribution in [1.29, 1.82) is 0 Å². The number of fused-ring (bicyclic) bond motifs is 2. The summed E-state index contributed by atoms with van der Waals surface area (Å²) >= 11 is 0. The molecule has 2 aliphatic rings. The number of Topliss-reactive ketones (excluding diaryl/α,β-unsaturated/α-hetero) is 1. The van der Waals surface area contributed by atoms with E-state index in [-0.39, 0.29) is 30.0 Å². The molecule has 0 spiro atoms. The minimum absolute atomic E-state index is 0.0152. The number of nitrogens with one attached hydrogen (secondary N) is 1. The van der Waals surface area contributed by atoms with Gasteiger partial charge in [-0.15, -0.1) is 0 Å². The van der Waals surface area contributed by atoms with E-state index in [0.717, 1.165) is 22.1 Å². The normalized spacial score (nSPS) is 19.1. The number of pyridine rings is 1. The number of phenols is 1. The fourth-order valence-corrected chi connectivity index (χ4v) is 7.52. The van der Waals surface area contributed by atoms with E-state index in [1.165, 1.54) is 29.2 Å². The van der Waals surface area contributed by atoms with Crippen LogP contribution in [-0.2, 0) is 26.0 Å². The first-order valence-electron chi connectivity index (χ1n) is 13.9. The van der Waals surface area contributed by atoms with Crippen molar-refractivity contribution < 1.29 is 37.4 Å². The number of rotatable bonds is 7. The summed E-state index contributed by atoms with van der Waals surface area (Å²) in [6.45, 7) is -0.372. The van der Waals surface area contributed by atoms with Crippen LogP contribution in [0.3, 0.4) is 0 Å². The topological polar surface area (TPSA) is 160 Å². The fourth-order valence-electron chi connectivity index (χ4n) is 5.89. The average molecular weight is 617 g/mol. The number of hydrogen-bond acceptors (Lipinski definition) is 8. The molecule has 44 heavy (non-hydrogen) atoms. The van der Waals surface area contributed by atoms with Gasteiger partial charge in [0.1, 0.15) is 28.5 Å². The van der Waals surface area contributed by atoms with Crippen LogP contribution >= 0.6 is 0 Å². The monoisotopic (exact) mass is 616 g/mol. The van der Waals surface area contributed by atoms with Gasteiger partial charge in [-0.25, -0.2) is 13.2 Å². The molecular weight excluding hydrogens is 588 g/mol. The lowest BCUT2D eigenvalue weighted by Crippen LogP contribution is -2.53. The average Bonchev–Trinajstić information content (AvgIpc) is 3.59. The highest BCUT2D eigenvalue weighted by molar-refractivity contribution is 7.89. The molecule has 226 valence electrons. The van der Waals surface area contributed by atoms with Crippen molar-refractivity contribution in [1.82, 2.24) is 14.5 Å². The Morgan fingerprint density at radius 1 is 1.05 bits per heavy atom. The van der Waals surface area contributed by atoms with Gasteiger partial charge < -0.3 is 25.3 Å². The zero-order valence-electron chi connectivity index (χ0n) is 23.3. The molecular formula is C31H28N4O8S. The molecule has 2 N–H and O–H groups in total. The largest absolute Gasteiger partial charge is 0.619 e. The lowest BCUT2D eigenvalue weighted by atomic mass is 10.0. The molecule has 13 heteroatoms. The molecule has 0 radical (unpaired) electrons. The van der Waals surface area contributed by atoms with Crippen LogP contribution in [0.2, 0.25) is 0 Å². The standard InChI is InChI=1S/C31H28N4O8S/c36-22-12-10-20(11-13-22)17-25(32-31(39)43-28-9-3-6-21-5-1-2-8-24(21)28)30(38)34-16-14-26-29(34)27(37)19-35(26)44(41,42)23-7-4-15-33(40)18-23/h1-13,15,18,25-26,29,36H,14,16-17,19H2,(H,32,39). The maximum atomic E-state index is 14.0. The van der Waals surface area contributed by atoms with E-state index in [4.69, 9.17) is 4.74 Å². The van der Waals surface area contributed by atoms with E-state index in [1.54, 1.807) is 30.3 Å². The molecule has 4 aromatic rings. The second-order valence-corrected chi connectivity index (χ2v) is 12.6. The molecule has 3 atom stereocenters. The number of aromatic nitrogens is 1. The molecule has 1 aromatic heterocycles. The number of hydrogen-bond donors (Lipinski definition) is 2. The van der Waals surface area contributed by atoms with Crippen LogP contribution in [0, 0.1) is 5.21 Å². The third-order valence-corrected chi connectivity index (χ3v) is 9.79. The number of phenolic OH excluding ortho intramolecular Hbond substituents is 1. The number of carbonyl (C=O) groups excluding carboxylic acids is 3. The number of sulfonamides is 1. The quantitative estimate of drug-likeness (QED) is 0.236. The number of nitrogens with zero attached hydrogens (tertiary/aromatic N) is 3. The Kier molecular flexibility index (Phi) is 7.66. The second-order valence-electron chi connectivity index (χ2n) is 10.7. The summed E-state index contributed by atoms with van der Waals surface area (Å²) in [5.74, 6) is -0.715. The number of aromatic hydroxyl groups is 1. The molecule has 2 saturated heterocycles. The highest BCUT2D eigenvalue weighted by Gasteiger charge is 2.54. The summed E-state index contributed by atoms with van der Waals surface area (Å²) < 4.78 is 33.8. The molecule has 0 aliphatic carbocycles. The molecule has 6 rings (SSSR count). The predicted molar refractivity (Wildman–Crippen MR) is 157 cm³/mol. The summed E-state index contributed by atoms with van der Waals surface area (Å²) in [7, 11) is -4.20. The summed E-state index contributed by atoms with van der Waals surface area (Å²) in [4.78, 5) is 41.5. The molecule has 2 amide bonds. The van der Waals surface area contributed by atoms with Crippen LogP contribution in [0.25, 0.3) is 10.8 Å². The second kappa shape index (κ2) is 11.6. The number of amides is 2. The summed E-state index contributed by atoms with van der Waals surface area (Å²) in [5.41, 5.74) is 0.624. The molecule has 2 aliphatic heterocycles. The lowest BCUT2D eigenvalue weighted by Gasteiger charge is -2.28. The van der Waals surface area contributed by atoms with Crippen molar-refractivity contribution >= 4 is 38.6 Å². The molecule has 3 heterocycles. The smallest absolute Gasteiger partial charge is 0.413 e. The first-order valence-corrected chi connectivity index (χ1v) is 15.3. The highest BCUT2D eigenvalue weighted by atomic mass is 32.2. The van der Waals surface area contributed by atoms with Crippen molar-refractivity contribution in [3.63, 3.8) is 0 Å². The van der Waals surface area contributed by atoms with Crippen LogP contribution in [0.4, 0.5) is 4.79 Å². The summed E-state index contributed by atoms with van der Waals surface area (Å²) in [6, 6.07) is 18.3. The maximum absolute atomic E-state index is 14.0. The number of carbonyl (C=O) groups is 3. The first kappa shape index (κ1) is 29.1. The van der Waals surface area contributed by atoms with Gasteiger partial charge >= 0.3 is 6.09 Å². The van der Waals surface area contributed by atoms with Crippen LogP contribution in [0.5, 0.6) is 11.5 Å². The molecule has 3 unspecified atom stereocenters. The number of benzene rings is 3. The number of ketones is 1. The Hall–Kier alpha value is -5.01. The van der Waals surface area contributed by atoms with Crippen LogP contribution in [0.15, 0.2) is 96.2 Å². The van der Waals surface area contributed by atoms with Crippen molar-refractivity contribution in [2.75, 3.05) is 13.1 Å². The van der Waals surface area contributed by atoms with Crippen molar-refractivity contribution in [3.05, 3.63) is 102 Å². The Balaban J connectivity index is 1.25. The Morgan fingerprint density at radius 2 is 1.80 bits per heavy atom. The van der Waals surface area contributed by atoms with Gasteiger partial charge in [0.25, 0.3) is 0 Å². The molecule has 2 fully saturated rings. The van der Waals surface area contributed by atoms with E-state index in [1.807, 2.05) is 24.3 Å². The zero-order valence-corrected chi connectivity index (χ0v) is 24.1. The highest BCUT2D eigenvalue weighted by Crippen LogP contribution is 2.34. The van der Waals surface area contributed by atoms with Gasteiger partial charge in [-0.3, -0.25) is 9.59 Å².